The molecule has 1 saturated carbocycles. The summed E-state index contributed by atoms with van der Waals surface area (Å²) in [6, 6.07) is 4.44. The Kier molecular flexibility index (Phi) is 4.37. The summed E-state index contributed by atoms with van der Waals surface area (Å²) < 4.78 is 5.49. The number of aliphatic hydroxyl groups excluding tert-OH is 1. The van der Waals surface area contributed by atoms with Crippen LogP contribution in [0.3, 0.4) is 0 Å². The highest BCUT2D eigenvalue weighted by Gasteiger charge is 2.61. The largest absolute Gasteiger partial charge is 0.426 e. The predicted octanol–water partition coefficient (Wildman–Crippen LogP) is 3.29. The first kappa shape index (κ1) is 18.5. The Labute approximate surface area is 165 Å². The Morgan fingerprint density at radius 1 is 1.36 bits per heavy atom. The van der Waals surface area contributed by atoms with Gasteiger partial charge in [-0.15, -0.1) is 0 Å². The summed E-state index contributed by atoms with van der Waals surface area (Å²) in [7, 11) is 0. The lowest BCUT2D eigenvalue weighted by Crippen LogP contribution is -2.47. The van der Waals surface area contributed by atoms with E-state index in [0.717, 1.165) is 17.7 Å². The van der Waals surface area contributed by atoms with Gasteiger partial charge in [0.1, 0.15) is 18.2 Å². The normalized spacial score (nSPS) is 18.4. The van der Waals surface area contributed by atoms with Gasteiger partial charge >= 0.3 is 12.0 Å². The van der Waals surface area contributed by atoms with Gasteiger partial charge in [0, 0.05) is 0 Å². The number of carbonyl (C=O) groups is 2. The fraction of sp³-hybridized carbons (Fsp3) is 0.368. The Morgan fingerprint density at radius 2 is 2.07 bits per heavy atom. The maximum atomic E-state index is 13.5. The number of anilines is 2. The van der Waals surface area contributed by atoms with Crippen molar-refractivity contribution >= 4 is 35.2 Å². The third-order valence-electron chi connectivity index (χ3n) is 5.45. The van der Waals surface area contributed by atoms with Crippen LogP contribution in [0.25, 0.3) is 0 Å². The zero-order valence-electron chi connectivity index (χ0n) is 15.1. The molecule has 4 rings (SSSR count). The van der Waals surface area contributed by atoms with Crippen LogP contribution in [0.4, 0.5) is 16.5 Å². The van der Waals surface area contributed by atoms with Crippen molar-refractivity contribution in [3.05, 3.63) is 40.2 Å². The van der Waals surface area contributed by atoms with Crippen molar-refractivity contribution in [2.75, 3.05) is 9.80 Å². The molecule has 1 aromatic carbocycles. The number of halogens is 1. The van der Waals surface area contributed by atoms with Crippen LogP contribution in [0.15, 0.2) is 22.7 Å². The van der Waals surface area contributed by atoms with Gasteiger partial charge < -0.3 is 9.52 Å². The Morgan fingerprint density at radius 3 is 2.68 bits per heavy atom. The van der Waals surface area contributed by atoms with E-state index < -0.39 is 11.6 Å². The number of rotatable bonds is 3. The van der Waals surface area contributed by atoms with Crippen LogP contribution in [-0.4, -0.2) is 27.6 Å². The summed E-state index contributed by atoms with van der Waals surface area (Å²) in [4.78, 5) is 33.3. The van der Waals surface area contributed by atoms with Gasteiger partial charge in [0.15, 0.2) is 5.76 Å². The maximum Gasteiger partial charge on any atom is 0.340 e. The van der Waals surface area contributed by atoms with Crippen molar-refractivity contribution in [1.29, 1.82) is 5.26 Å². The van der Waals surface area contributed by atoms with E-state index in [1.807, 2.05) is 6.07 Å². The molecule has 3 amide bonds. The molecule has 1 N–H and O–H groups in total. The quantitative estimate of drug-likeness (QED) is 0.791. The highest BCUT2D eigenvalue weighted by molar-refractivity contribution is 6.34. The second-order valence-corrected chi connectivity index (χ2v) is 7.33. The monoisotopic (exact) mass is 400 g/mol. The summed E-state index contributed by atoms with van der Waals surface area (Å²) in [5.41, 5.74) is 0.0129. The van der Waals surface area contributed by atoms with E-state index in [4.69, 9.17) is 21.3 Å². The average Bonchev–Trinajstić information content (AvgIpc) is 3.40. The Bertz CT molecular complexity index is 1020. The minimum absolute atomic E-state index is 0.0100. The third-order valence-corrected chi connectivity index (χ3v) is 5.94. The second kappa shape index (κ2) is 6.62. The third kappa shape index (κ3) is 2.44. The van der Waals surface area contributed by atoms with Gasteiger partial charge in [-0.3, -0.25) is 4.79 Å². The molecule has 1 aromatic heterocycles. The SMILES string of the molecule is Cc1c(N2C(=O)N(c3ncc(CO)o3)C3(CCCC3)C2=O)ccc(C#N)c1Cl. The number of carbonyl (C=O) groups excluding carboxylic acids is 2. The van der Waals surface area contributed by atoms with Gasteiger partial charge in [-0.25, -0.2) is 19.6 Å². The van der Waals surface area contributed by atoms with Gasteiger partial charge in [0.25, 0.3) is 5.91 Å². The molecule has 1 aliphatic carbocycles. The Hall–Kier alpha value is -2.89. The lowest BCUT2D eigenvalue weighted by atomic mass is 9.95. The van der Waals surface area contributed by atoms with Crippen molar-refractivity contribution in [3.63, 3.8) is 0 Å². The number of nitriles is 1. The van der Waals surface area contributed by atoms with E-state index in [2.05, 4.69) is 4.98 Å². The first-order valence-corrected chi connectivity index (χ1v) is 9.26. The van der Waals surface area contributed by atoms with E-state index in [1.54, 1.807) is 13.0 Å². The highest BCUT2D eigenvalue weighted by atomic mass is 35.5. The molecule has 0 unspecified atom stereocenters. The van der Waals surface area contributed by atoms with Crippen LogP contribution in [-0.2, 0) is 11.4 Å². The average molecular weight is 401 g/mol. The number of benzene rings is 1. The summed E-state index contributed by atoms with van der Waals surface area (Å²) in [6.45, 7) is 1.31. The molecule has 1 aliphatic heterocycles. The molecular formula is C19H17ClN4O4. The van der Waals surface area contributed by atoms with Crippen molar-refractivity contribution in [2.24, 2.45) is 0 Å². The predicted molar refractivity (Wildman–Crippen MR) is 99.9 cm³/mol. The summed E-state index contributed by atoms with van der Waals surface area (Å²) in [6.07, 6.45) is 3.91. The van der Waals surface area contributed by atoms with E-state index in [-0.39, 0.29) is 34.9 Å². The molecule has 2 aliphatic rings. The topological polar surface area (TPSA) is 111 Å². The summed E-state index contributed by atoms with van der Waals surface area (Å²) in [5.74, 6) is -0.151. The van der Waals surface area contributed by atoms with Crippen molar-refractivity contribution in [2.45, 2.75) is 44.8 Å². The molecule has 9 heteroatoms. The molecule has 0 bridgehead atoms. The number of nitrogens with zero attached hydrogens (tertiary/aromatic N) is 4. The van der Waals surface area contributed by atoms with E-state index in [9.17, 15) is 14.7 Å². The minimum Gasteiger partial charge on any atom is -0.426 e. The lowest BCUT2D eigenvalue weighted by Gasteiger charge is -2.27. The molecule has 2 aromatic rings. The van der Waals surface area contributed by atoms with Crippen molar-refractivity contribution in [3.8, 4) is 6.07 Å². The molecule has 2 fully saturated rings. The number of oxazole rings is 1. The van der Waals surface area contributed by atoms with Crippen molar-refractivity contribution < 1.29 is 19.1 Å². The summed E-state index contributed by atoms with van der Waals surface area (Å²) >= 11 is 6.26. The number of amides is 3. The molecule has 0 radical (unpaired) electrons. The first-order chi connectivity index (χ1) is 13.4. The van der Waals surface area contributed by atoms with Crippen LogP contribution in [0, 0.1) is 18.3 Å². The number of hydrogen-bond donors (Lipinski definition) is 1. The number of aliphatic hydroxyl groups is 1. The molecule has 8 nitrogen and oxygen atoms in total. The molecule has 1 spiro atoms. The molecule has 144 valence electrons. The van der Waals surface area contributed by atoms with Gasteiger partial charge in [-0.1, -0.05) is 24.4 Å². The van der Waals surface area contributed by atoms with E-state index >= 15 is 0 Å². The standard InChI is InChI=1S/C19H17ClN4O4/c1-11-14(5-4-12(8-21)15(11)20)23-16(26)19(6-2-3-7-19)24(18(23)27)17-22-9-13(10-25)28-17/h4-5,9,25H,2-3,6-7,10H2,1H3. The van der Waals surface area contributed by atoms with Crippen LogP contribution >= 0.6 is 11.6 Å². The van der Waals surface area contributed by atoms with Gasteiger partial charge in [-0.05, 0) is 37.5 Å². The van der Waals surface area contributed by atoms with Crippen LogP contribution < -0.4 is 9.80 Å². The minimum atomic E-state index is -1.07. The number of aromatic nitrogens is 1. The molecule has 1 saturated heterocycles. The van der Waals surface area contributed by atoms with Crippen LogP contribution in [0.1, 0.15) is 42.6 Å². The van der Waals surface area contributed by atoms with Gasteiger partial charge in [-0.2, -0.15) is 5.26 Å². The van der Waals surface area contributed by atoms with Crippen LogP contribution in [0.5, 0.6) is 0 Å². The van der Waals surface area contributed by atoms with Crippen molar-refractivity contribution in [1.82, 2.24) is 4.98 Å². The molecule has 0 atom stereocenters. The smallest absolute Gasteiger partial charge is 0.340 e. The molecular weight excluding hydrogens is 384 g/mol. The van der Waals surface area contributed by atoms with Gasteiger partial charge in [0.05, 0.1) is 22.5 Å². The lowest BCUT2D eigenvalue weighted by molar-refractivity contribution is -0.121. The molecule has 2 heterocycles. The number of imide groups is 1. The number of urea groups is 1. The zero-order valence-corrected chi connectivity index (χ0v) is 15.9. The van der Waals surface area contributed by atoms with Gasteiger partial charge in [0.2, 0.25) is 0 Å². The Balaban J connectivity index is 1.85. The fourth-order valence-corrected chi connectivity index (χ4v) is 4.23. The van der Waals surface area contributed by atoms with E-state index in [1.165, 1.54) is 17.2 Å². The zero-order chi connectivity index (χ0) is 20.1. The van der Waals surface area contributed by atoms with E-state index in [0.29, 0.717) is 24.1 Å². The highest BCUT2D eigenvalue weighted by Crippen LogP contribution is 2.46. The van der Waals surface area contributed by atoms with Crippen LogP contribution in [0.2, 0.25) is 5.02 Å². The number of hydrogen-bond acceptors (Lipinski definition) is 6. The fourth-order valence-electron chi connectivity index (χ4n) is 4.03. The second-order valence-electron chi connectivity index (χ2n) is 6.95. The first-order valence-electron chi connectivity index (χ1n) is 8.88. The molecule has 28 heavy (non-hydrogen) atoms. The summed E-state index contributed by atoms with van der Waals surface area (Å²) in [5, 5.41) is 18.6. The maximum absolute atomic E-state index is 13.5.